The molecule has 2 N–H and O–H groups in total. The number of carbonyl (C=O) groups excluding carboxylic acids is 2. The molecule has 1 atom stereocenters. The molecule has 0 fully saturated rings. The average molecular weight is 392 g/mol. The zero-order chi connectivity index (χ0) is 19.7. The molecule has 0 saturated heterocycles. The van der Waals surface area contributed by atoms with E-state index in [0.29, 0.717) is 54.8 Å². The highest BCUT2D eigenvalue weighted by molar-refractivity contribution is 6.30. The van der Waals surface area contributed by atoms with Crippen molar-refractivity contribution < 1.29 is 19.1 Å². The second-order valence-corrected chi connectivity index (χ2v) is 6.88. The third-order valence-electron chi connectivity index (χ3n) is 4.44. The van der Waals surface area contributed by atoms with E-state index >= 15 is 0 Å². The summed E-state index contributed by atoms with van der Waals surface area (Å²) in [5.41, 5.74) is -0.102. The summed E-state index contributed by atoms with van der Waals surface area (Å²) in [6, 6.07) is 12.3. The highest BCUT2D eigenvalue weighted by Crippen LogP contribution is 2.28. The standard InChI is InChI=1S/C21H23ClFNO3/c22-18-7-5-17(6-8-18)21(27,12-15-25)11-14-24-13-1-2-20(26)16-3-9-19(23)10-4-16/h3-10,15,24,27H,1-2,11-14H2. The Labute approximate surface area is 163 Å². The van der Waals surface area contributed by atoms with Crippen LogP contribution >= 0.6 is 11.6 Å². The van der Waals surface area contributed by atoms with Gasteiger partial charge in [-0.15, -0.1) is 0 Å². The number of benzene rings is 2. The fraction of sp³-hybridized carbons (Fsp3) is 0.333. The zero-order valence-electron chi connectivity index (χ0n) is 15.0. The fourth-order valence-corrected chi connectivity index (χ4v) is 2.96. The summed E-state index contributed by atoms with van der Waals surface area (Å²) in [5.74, 6) is -0.396. The minimum atomic E-state index is -1.25. The minimum absolute atomic E-state index is 0.000630. The van der Waals surface area contributed by atoms with Gasteiger partial charge in [-0.3, -0.25) is 4.79 Å². The van der Waals surface area contributed by atoms with Crippen LogP contribution in [0.4, 0.5) is 4.39 Å². The molecule has 0 heterocycles. The maximum Gasteiger partial charge on any atom is 0.162 e. The van der Waals surface area contributed by atoms with E-state index in [1.807, 2.05) is 0 Å². The van der Waals surface area contributed by atoms with Gasteiger partial charge in [0.1, 0.15) is 12.1 Å². The lowest BCUT2D eigenvalue weighted by atomic mass is 9.88. The summed E-state index contributed by atoms with van der Waals surface area (Å²) in [4.78, 5) is 23.0. The molecule has 0 amide bonds. The molecule has 0 saturated carbocycles. The molecule has 2 aromatic rings. The minimum Gasteiger partial charge on any atom is -0.385 e. The predicted molar refractivity (Wildman–Crippen MR) is 103 cm³/mol. The van der Waals surface area contributed by atoms with Crippen molar-refractivity contribution in [2.75, 3.05) is 13.1 Å². The molecule has 0 aliphatic carbocycles. The lowest BCUT2D eigenvalue weighted by Gasteiger charge is -2.27. The van der Waals surface area contributed by atoms with Crippen molar-refractivity contribution in [1.29, 1.82) is 0 Å². The summed E-state index contributed by atoms with van der Waals surface area (Å²) in [7, 11) is 0. The molecule has 1 unspecified atom stereocenters. The van der Waals surface area contributed by atoms with Crippen molar-refractivity contribution in [2.45, 2.75) is 31.3 Å². The Bertz CT molecular complexity index is 749. The van der Waals surface area contributed by atoms with Crippen LogP contribution in [0.15, 0.2) is 48.5 Å². The summed E-state index contributed by atoms with van der Waals surface area (Å²) < 4.78 is 12.9. The predicted octanol–water partition coefficient (Wildman–Crippen LogP) is 3.90. The first kappa shape index (κ1) is 21.2. The molecule has 144 valence electrons. The molecule has 6 heteroatoms. The van der Waals surface area contributed by atoms with Crippen molar-refractivity contribution in [1.82, 2.24) is 5.32 Å². The number of rotatable bonds is 11. The van der Waals surface area contributed by atoms with Crippen LogP contribution in [0.3, 0.4) is 0 Å². The van der Waals surface area contributed by atoms with Crippen LogP contribution in [-0.2, 0) is 10.4 Å². The van der Waals surface area contributed by atoms with Gasteiger partial charge in [0, 0.05) is 23.4 Å². The van der Waals surface area contributed by atoms with Crippen LogP contribution in [0.25, 0.3) is 0 Å². The monoisotopic (exact) mass is 391 g/mol. The van der Waals surface area contributed by atoms with Crippen molar-refractivity contribution in [2.24, 2.45) is 0 Å². The molecule has 0 spiro atoms. The van der Waals surface area contributed by atoms with Crippen molar-refractivity contribution in [3.63, 3.8) is 0 Å². The van der Waals surface area contributed by atoms with Crippen molar-refractivity contribution in [3.8, 4) is 0 Å². The Kier molecular flexibility index (Phi) is 8.10. The summed E-state index contributed by atoms with van der Waals surface area (Å²) >= 11 is 5.87. The molecule has 0 aliphatic rings. The molecule has 4 nitrogen and oxygen atoms in total. The van der Waals surface area contributed by atoms with Crippen LogP contribution in [-0.4, -0.2) is 30.3 Å². The Morgan fingerprint density at radius 1 is 1.11 bits per heavy atom. The number of hydrogen-bond donors (Lipinski definition) is 2. The third kappa shape index (κ3) is 6.54. The van der Waals surface area contributed by atoms with E-state index < -0.39 is 5.60 Å². The summed E-state index contributed by atoms with van der Waals surface area (Å²) in [6.07, 6.45) is 2.05. The normalized spacial score (nSPS) is 13.1. The fourth-order valence-electron chi connectivity index (χ4n) is 2.84. The molecule has 2 aromatic carbocycles. The lowest BCUT2D eigenvalue weighted by Crippen LogP contribution is -2.31. The largest absolute Gasteiger partial charge is 0.385 e. The number of aldehydes is 1. The molecular formula is C21H23ClFNO3. The Balaban J connectivity index is 1.75. The number of ketones is 1. The van der Waals surface area contributed by atoms with E-state index in [0.717, 1.165) is 0 Å². The highest BCUT2D eigenvalue weighted by atomic mass is 35.5. The molecule has 2 rings (SSSR count). The van der Waals surface area contributed by atoms with Gasteiger partial charge >= 0.3 is 0 Å². The molecule has 0 aromatic heterocycles. The topological polar surface area (TPSA) is 66.4 Å². The van der Waals surface area contributed by atoms with E-state index in [1.54, 1.807) is 24.3 Å². The lowest BCUT2D eigenvalue weighted by molar-refractivity contribution is -0.113. The van der Waals surface area contributed by atoms with E-state index in [1.165, 1.54) is 24.3 Å². The van der Waals surface area contributed by atoms with Gasteiger partial charge < -0.3 is 15.2 Å². The van der Waals surface area contributed by atoms with E-state index in [2.05, 4.69) is 5.32 Å². The summed E-state index contributed by atoms with van der Waals surface area (Å²) in [6.45, 7) is 1.10. The second kappa shape index (κ2) is 10.3. The van der Waals surface area contributed by atoms with Gasteiger partial charge in [-0.25, -0.2) is 4.39 Å². The van der Waals surface area contributed by atoms with E-state index in [4.69, 9.17) is 11.6 Å². The SMILES string of the molecule is O=CCC(O)(CCNCCCC(=O)c1ccc(F)cc1)c1ccc(Cl)cc1. The molecule has 27 heavy (non-hydrogen) atoms. The van der Waals surface area contributed by atoms with Crippen molar-refractivity contribution >= 4 is 23.7 Å². The van der Waals surface area contributed by atoms with Gasteiger partial charge in [-0.2, -0.15) is 0 Å². The Morgan fingerprint density at radius 2 is 1.78 bits per heavy atom. The quantitative estimate of drug-likeness (QED) is 0.346. The average Bonchev–Trinajstić information content (AvgIpc) is 2.65. The zero-order valence-corrected chi connectivity index (χ0v) is 15.7. The first-order chi connectivity index (χ1) is 12.9. The Morgan fingerprint density at radius 3 is 2.41 bits per heavy atom. The van der Waals surface area contributed by atoms with Gasteiger partial charge in [-0.05, 0) is 67.9 Å². The van der Waals surface area contributed by atoms with Gasteiger partial charge in [0.05, 0.1) is 5.60 Å². The van der Waals surface area contributed by atoms with Crippen LogP contribution in [0, 0.1) is 5.82 Å². The van der Waals surface area contributed by atoms with E-state index in [9.17, 15) is 19.1 Å². The van der Waals surface area contributed by atoms with E-state index in [-0.39, 0.29) is 18.0 Å². The number of Topliss-reactive ketones (excluding diaryl/α,β-unsaturated/α-hetero) is 1. The molecule has 0 bridgehead atoms. The molecular weight excluding hydrogens is 369 g/mol. The van der Waals surface area contributed by atoms with Gasteiger partial charge in [0.25, 0.3) is 0 Å². The third-order valence-corrected chi connectivity index (χ3v) is 4.69. The first-order valence-electron chi connectivity index (χ1n) is 8.86. The number of hydrogen-bond acceptors (Lipinski definition) is 4. The van der Waals surface area contributed by atoms with Crippen LogP contribution < -0.4 is 5.32 Å². The smallest absolute Gasteiger partial charge is 0.162 e. The number of halogens is 2. The number of nitrogens with one attached hydrogen (secondary N) is 1. The highest BCUT2D eigenvalue weighted by Gasteiger charge is 2.28. The van der Waals surface area contributed by atoms with Gasteiger partial charge in [0.2, 0.25) is 0 Å². The maximum atomic E-state index is 12.9. The van der Waals surface area contributed by atoms with Gasteiger partial charge in [-0.1, -0.05) is 23.7 Å². The second-order valence-electron chi connectivity index (χ2n) is 6.44. The van der Waals surface area contributed by atoms with Gasteiger partial charge in [0.15, 0.2) is 5.78 Å². The maximum absolute atomic E-state index is 12.9. The van der Waals surface area contributed by atoms with Crippen LogP contribution in [0.2, 0.25) is 5.02 Å². The van der Waals surface area contributed by atoms with Crippen LogP contribution in [0.5, 0.6) is 0 Å². The van der Waals surface area contributed by atoms with Crippen LogP contribution in [0.1, 0.15) is 41.6 Å². The summed E-state index contributed by atoms with van der Waals surface area (Å²) in [5, 5.41) is 14.5. The Hall–Kier alpha value is -2.08. The number of aliphatic hydroxyl groups is 1. The molecule has 0 radical (unpaired) electrons. The molecule has 0 aliphatic heterocycles. The van der Waals surface area contributed by atoms with Crippen molar-refractivity contribution in [3.05, 3.63) is 70.5 Å². The first-order valence-corrected chi connectivity index (χ1v) is 9.24. The number of carbonyl (C=O) groups is 2.